The third-order valence-electron chi connectivity index (χ3n) is 1.67. The van der Waals surface area contributed by atoms with Gasteiger partial charge in [0.05, 0.1) is 17.4 Å². The molecule has 1 aromatic rings. The molecule has 7 heteroatoms. The number of alkyl halides is 2. The number of rotatable bonds is 3. The highest BCUT2D eigenvalue weighted by molar-refractivity contribution is 5.36. The second kappa shape index (κ2) is 4.41. The molecule has 0 aliphatic rings. The van der Waals surface area contributed by atoms with Crippen LogP contribution in [-0.2, 0) is 6.42 Å². The molecule has 1 aromatic heterocycles. The quantitative estimate of drug-likeness (QED) is 0.568. The van der Waals surface area contributed by atoms with Crippen LogP contribution in [0.5, 0.6) is 0 Å². The van der Waals surface area contributed by atoms with Gasteiger partial charge >= 0.3 is 0 Å². The number of nitriles is 1. The zero-order chi connectivity index (χ0) is 11.4. The number of nitro groups is 1. The van der Waals surface area contributed by atoms with Crippen molar-refractivity contribution in [2.45, 2.75) is 12.8 Å². The molecule has 0 radical (unpaired) electrons. The molecule has 0 fully saturated rings. The molecule has 0 saturated carbocycles. The second-order valence-corrected chi connectivity index (χ2v) is 2.63. The van der Waals surface area contributed by atoms with Crippen LogP contribution in [0.25, 0.3) is 0 Å². The summed E-state index contributed by atoms with van der Waals surface area (Å²) in [6.45, 7) is 0. The molecule has 0 aromatic carbocycles. The van der Waals surface area contributed by atoms with Crippen LogP contribution in [0.4, 0.5) is 14.5 Å². The lowest BCUT2D eigenvalue weighted by Crippen LogP contribution is -2.00. The van der Waals surface area contributed by atoms with Crippen LogP contribution in [0.3, 0.4) is 0 Å². The maximum Gasteiger partial charge on any atom is 0.287 e. The molecule has 0 unspecified atom stereocenters. The zero-order valence-electron chi connectivity index (χ0n) is 7.35. The topological polar surface area (TPSA) is 79.8 Å². The van der Waals surface area contributed by atoms with E-state index in [0.717, 1.165) is 12.3 Å². The van der Waals surface area contributed by atoms with Crippen molar-refractivity contribution in [1.29, 1.82) is 5.26 Å². The van der Waals surface area contributed by atoms with Crippen molar-refractivity contribution in [2.24, 2.45) is 0 Å². The van der Waals surface area contributed by atoms with Crippen LogP contribution in [0.2, 0.25) is 0 Å². The fraction of sp³-hybridized carbons (Fsp3) is 0.250. The van der Waals surface area contributed by atoms with Crippen molar-refractivity contribution in [1.82, 2.24) is 4.98 Å². The number of hydrogen-bond donors (Lipinski definition) is 0. The van der Waals surface area contributed by atoms with E-state index in [9.17, 15) is 18.9 Å². The average molecular weight is 213 g/mol. The van der Waals surface area contributed by atoms with Gasteiger partial charge in [0.1, 0.15) is 11.9 Å². The fourth-order valence-corrected chi connectivity index (χ4v) is 1.03. The maximum atomic E-state index is 12.3. The lowest BCUT2D eigenvalue weighted by molar-refractivity contribution is -0.385. The molecule has 0 aliphatic heterocycles. The smallest absolute Gasteiger partial charge is 0.258 e. The van der Waals surface area contributed by atoms with Gasteiger partial charge in [0, 0.05) is 11.6 Å². The van der Waals surface area contributed by atoms with Crippen LogP contribution in [-0.4, -0.2) is 9.91 Å². The molecular weight excluding hydrogens is 208 g/mol. The summed E-state index contributed by atoms with van der Waals surface area (Å²) in [6.07, 6.45) is -2.41. The maximum absolute atomic E-state index is 12.3. The Hall–Kier alpha value is -2.10. The van der Waals surface area contributed by atoms with Crippen LogP contribution in [0.15, 0.2) is 12.3 Å². The van der Waals surface area contributed by atoms with Gasteiger partial charge in [-0.05, 0) is 0 Å². The van der Waals surface area contributed by atoms with Crippen molar-refractivity contribution < 1.29 is 13.7 Å². The first-order valence-corrected chi connectivity index (χ1v) is 3.84. The van der Waals surface area contributed by atoms with E-state index in [4.69, 9.17) is 5.26 Å². The molecule has 0 saturated heterocycles. The predicted octanol–water partition coefficient (Wildman–Crippen LogP) is 1.99. The first kappa shape index (κ1) is 11.0. The van der Waals surface area contributed by atoms with Crippen molar-refractivity contribution in [2.75, 3.05) is 0 Å². The molecule has 0 atom stereocenters. The highest BCUT2D eigenvalue weighted by atomic mass is 19.3. The van der Waals surface area contributed by atoms with Gasteiger partial charge in [-0.3, -0.25) is 10.1 Å². The summed E-state index contributed by atoms with van der Waals surface area (Å²) in [5.41, 5.74) is -1.09. The molecule has 0 spiro atoms. The summed E-state index contributed by atoms with van der Waals surface area (Å²) in [7, 11) is 0. The van der Waals surface area contributed by atoms with Crippen LogP contribution >= 0.6 is 0 Å². The lowest BCUT2D eigenvalue weighted by atomic mass is 10.1. The van der Waals surface area contributed by atoms with Gasteiger partial charge in [0.2, 0.25) is 0 Å². The lowest BCUT2D eigenvalue weighted by Gasteiger charge is -2.03. The van der Waals surface area contributed by atoms with E-state index in [1.807, 2.05) is 0 Å². The van der Waals surface area contributed by atoms with Crippen LogP contribution in [0, 0.1) is 21.4 Å². The average Bonchev–Trinajstić information content (AvgIpc) is 2.17. The van der Waals surface area contributed by atoms with E-state index in [0.29, 0.717) is 0 Å². The van der Waals surface area contributed by atoms with Crippen LogP contribution in [0.1, 0.15) is 17.7 Å². The Morgan fingerprint density at radius 1 is 1.67 bits per heavy atom. The summed E-state index contributed by atoms with van der Waals surface area (Å²) in [5, 5.41) is 18.7. The monoisotopic (exact) mass is 213 g/mol. The number of aromatic nitrogens is 1. The Bertz CT molecular complexity index is 428. The van der Waals surface area contributed by atoms with E-state index in [2.05, 4.69) is 4.98 Å². The minimum Gasteiger partial charge on any atom is -0.258 e. The Kier molecular flexibility index (Phi) is 3.23. The minimum absolute atomic E-state index is 0.110. The summed E-state index contributed by atoms with van der Waals surface area (Å²) in [5.74, 6) is 0. The third kappa shape index (κ3) is 2.43. The van der Waals surface area contributed by atoms with E-state index in [1.54, 1.807) is 6.07 Å². The van der Waals surface area contributed by atoms with Gasteiger partial charge in [-0.1, -0.05) is 0 Å². The molecule has 1 rings (SSSR count). The van der Waals surface area contributed by atoms with Gasteiger partial charge in [0.25, 0.3) is 12.1 Å². The number of pyridine rings is 1. The van der Waals surface area contributed by atoms with Gasteiger partial charge in [-0.15, -0.1) is 0 Å². The highest BCUT2D eigenvalue weighted by Gasteiger charge is 2.18. The predicted molar refractivity (Wildman–Crippen MR) is 45.2 cm³/mol. The highest BCUT2D eigenvalue weighted by Crippen LogP contribution is 2.24. The van der Waals surface area contributed by atoms with Gasteiger partial charge < -0.3 is 0 Å². The summed E-state index contributed by atoms with van der Waals surface area (Å²) in [6, 6.07) is 2.59. The zero-order valence-corrected chi connectivity index (χ0v) is 7.35. The molecule has 0 bridgehead atoms. The Morgan fingerprint density at radius 3 is 2.80 bits per heavy atom. The van der Waals surface area contributed by atoms with E-state index < -0.39 is 22.7 Å². The van der Waals surface area contributed by atoms with Crippen LogP contribution < -0.4 is 0 Å². The Morgan fingerprint density at radius 2 is 2.33 bits per heavy atom. The van der Waals surface area contributed by atoms with E-state index >= 15 is 0 Å². The third-order valence-corrected chi connectivity index (χ3v) is 1.67. The first-order valence-electron chi connectivity index (χ1n) is 3.84. The van der Waals surface area contributed by atoms with E-state index in [-0.39, 0.29) is 12.0 Å². The minimum atomic E-state index is -2.84. The molecule has 0 aliphatic carbocycles. The van der Waals surface area contributed by atoms with E-state index in [1.165, 1.54) is 0 Å². The van der Waals surface area contributed by atoms with Crippen molar-refractivity contribution in [3.63, 3.8) is 0 Å². The SMILES string of the molecule is N#CCc1cc([N+](=O)[O-])cnc1C(F)F. The molecule has 0 N–H and O–H groups in total. The second-order valence-electron chi connectivity index (χ2n) is 2.63. The Labute approximate surface area is 83.1 Å². The van der Waals surface area contributed by atoms with Gasteiger partial charge in [-0.25, -0.2) is 13.8 Å². The summed E-state index contributed by atoms with van der Waals surface area (Å²) < 4.78 is 24.7. The standard InChI is InChI=1S/C8H5F2N3O2/c9-8(10)7-5(1-2-11)3-6(4-12-7)13(14)15/h3-4,8H,1H2. The normalized spacial score (nSPS) is 10.0. The summed E-state index contributed by atoms with van der Waals surface area (Å²) >= 11 is 0. The van der Waals surface area contributed by atoms with Crippen molar-refractivity contribution in [3.8, 4) is 6.07 Å². The van der Waals surface area contributed by atoms with Crippen molar-refractivity contribution in [3.05, 3.63) is 33.6 Å². The fourth-order valence-electron chi connectivity index (χ4n) is 1.03. The molecule has 1 heterocycles. The molecule has 5 nitrogen and oxygen atoms in total. The van der Waals surface area contributed by atoms with Gasteiger partial charge in [0.15, 0.2) is 0 Å². The van der Waals surface area contributed by atoms with Crippen molar-refractivity contribution >= 4 is 5.69 Å². The number of halogens is 2. The van der Waals surface area contributed by atoms with Gasteiger partial charge in [-0.2, -0.15) is 5.26 Å². The number of nitrogens with zero attached hydrogens (tertiary/aromatic N) is 3. The molecule has 78 valence electrons. The molecule has 15 heavy (non-hydrogen) atoms. The largest absolute Gasteiger partial charge is 0.287 e. The Balaban J connectivity index is 3.21. The molecule has 0 amide bonds. The number of hydrogen-bond acceptors (Lipinski definition) is 4. The first-order chi connectivity index (χ1) is 7.06. The molecular formula is C8H5F2N3O2. The summed E-state index contributed by atoms with van der Waals surface area (Å²) in [4.78, 5) is 12.9.